The molecule has 0 radical (unpaired) electrons. The first-order valence-corrected chi connectivity index (χ1v) is 12.3. The number of sulfonamides is 1. The second-order valence-electron chi connectivity index (χ2n) is 8.65. The maximum Gasteiger partial charge on any atom is 0.296 e. The van der Waals surface area contributed by atoms with E-state index in [-0.39, 0.29) is 34.1 Å². The first-order valence-electron chi connectivity index (χ1n) is 10.8. The third-order valence-corrected chi connectivity index (χ3v) is 7.27. The van der Waals surface area contributed by atoms with Crippen molar-refractivity contribution in [1.82, 2.24) is 10.0 Å². The van der Waals surface area contributed by atoms with Crippen molar-refractivity contribution in [2.24, 2.45) is 5.92 Å². The highest BCUT2D eigenvalue weighted by Gasteiger charge is 2.31. The molecule has 9 nitrogen and oxygen atoms in total. The van der Waals surface area contributed by atoms with Gasteiger partial charge in [0, 0.05) is 37.2 Å². The molecule has 2 rings (SSSR count). The average Bonchev–Trinajstić information content (AvgIpc) is 2.66. The molecule has 1 saturated heterocycles. The van der Waals surface area contributed by atoms with Gasteiger partial charge in [0.1, 0.15) is 5.69 Å². The second-order valence-corrected chi connectivity index (χ2v) is 10.3. The van der Waals surface area contributed by atoms with Crippen molar-refractivity contribution in [2.75, 3.05) is 18.0 Å². The van der Waals surface area contributed by atoms with Gasteiger partial charge in [0.05, 0.1) is 9.82 Å². The van der Waals surface area contributed by atoms with Gasteiger partial charge < -0.3 is 10.2 Å². The maximum atomic E-state index is 12.9. The molecular formula is C21H34N4O5S. The van der Waals surface area contributed by atoms with Gasteiger partial charge in [0.25, 0.3) is 5.69 Å². The Labute approximate surface area is 184 Å². The zero-order valence-electron chi connectivity index (χ0n) is 19.0. The minimum atomic E-state index is -3.88. The van der Waals surface area contributed by atoms with Gasteiger partial charge in [-0.2, -0.15) is 0 Å². The van der Waals surface area contributed by atoms with E-state index in [1.54, 1.807) is 13.8 Å². The van der Waals surface area contributed by atoms with E-state index in [4.69, 9.17) is 0 Å². The normalized spacial score (nSPS) is 16.4. The summed E-state index contributed by atoms with van der Waals surface area (Å²) in [5.41, 5.74) is 0.362. The van der Waals surface area contributed by atoms with E-state index >= 15 is 0 Å². The Bertz CT molecular complexity index is 909. The van der Waals surface area contributed by atoms with E-state index in [0.717, 1.165) is 0 Å². The van der Waals surface area contributed by atoms with E-state index in [1.807, 2.05) is 18.7 Å². The number of hydrogen-bond donors (Lipinski definition) is 2. The highest BCUT2D eigenvalue weighted by Crippen LogP contribution is 2.36. The van der Waals surface area contributed by atoms with Crippen molar-refractivity contribution in [3.8, 4) is 0 Å². The van der Waals surface area contributed by atoms with E-state index in [9.17, 15) is 23.3 Å². The number of nitrogens with one attached hydrogen (secondary N) is 2. The molecule has 1 atom stereocenters. The fraction of sp³-hybridized carbons (Fsp3) is 0.667. The smallest absolute Gasteiger partial charge is 0.296 e. The number of nitrogens with zero attached hydrogens (tertiary/aromatic N) is 2. The predicted octanol–water partition coefficient (Wildman–Crippen LogP) is 3.11. The van der Waals surface area contributed by atoms with Crippen molar-refractivity contribution >= 4 is 27.3 Å². The van der Waals surface area contributed by atoms with Crippen LogP contribution in [-0.4, -0.2) is 44.4 Å². The number of piperidine rings is 1. The van der Waals surface area contributed by atoms with Crippen LogP contribution in [0.15, 0.2) is 17.0 Å². The van der Waals surface area contributed by atoms with Crippen LogP contribution in [-0.2, 0) is 14.8 Å². The van der Waals surface area contributed by atoms with Gasteiger partial charge >= 0.3 is 0 Å². The van der Waals surface area contributed by atoms with Gasteiger partial charge in [-0.15, -0.1) is 0 Å². The summed E-state index contributed by atoms with van der Waals surface area (Å²) in [6, 6.07) is 2.75. The largest absolute Gasteiger partial charge is 0.366 e. The van der Waals surface area contributed by atoms with E-state index in [0.29, 0.717) is 50.4 Å². The summed E-state index contributed by atoms with van der Waals surface area (Å²) in [6.45, 7) is 10.2. The van der Waals surface area contributed by atoms with Crippen molar-refractivity contribution in [3.63, 3.8) is 0 Å². The number of nitro groups is 1. The first-order chi connectivity index (χ1) is 14.5. The minimum Gasteiger partial charge on any atom is -0.366 e. The Morgan fingerprint density at radius 1 is 1.26 bits per heavy atom. The van der Waals surface area contributed by atoms with Crippen LogP contribution in [0.25, 0.3) is 0 Å². The number of benzene rings is 1. The lowest BCUT2D eigenvalue weighted by Crippen LogP contribution is -2.44. The van der Waals surface area contributed by atoms with Gasteiger partial charge in [0.2, 0.25) is 15.9 Å². The van der Waals surface area contributed by atoms with Crippen molar-refractivity contribution in [2.45, 2.75) is 77.3 Å². The Morgan fingerprint density at radius 2 is 1.87 bits per heavy atom. The van der Waals surface area contributed by atoms with Gasteiger partial charge in [-0.3, -0.25) is 14.9 Å². The predicted molar refractivity (Wildman–Crippen MR) is 121 cm³/mol. The fourth-order valence-corrected chi connectivity index (χ4v) is 5.62. The molecule has 10 heteroatoms. The molecule has 0 aliphatic carbocycles. The molecule has 1 aromatic rings. The molecule has 1 aliphatic rings. The molecule has 1 heterocycles. The van der Waals surface area contributed by atoms with Crippen LogP contribution in [0.3, 0.4) is 0 Å². The van der Waals surface area contributed by atoms with Crippen LogP contribution >= 0.6 is 0 Å². The zero-order chi connectivity index (χ0) is 23.3. The van der Waals surface area contributed by atoms with E-state index in [2.05, 4.69) is 10.0 Å². The third-order valence-electron chi connectivity index (χ3n) is 5.54. The molecule has 1 amide bonds. The molecule has 1 aliphatic heterocycles. The van der Waals surface area contributed by atoms with Crippen LogP contribution in [0.5, 0.6) is 0 Å². The maximum absolute atomic E-state index is 12.9. The molecule has 0 bridgehead atoms. The highest BCUT2D eigenvalue weighted by molar-refractivity contribution is 7.89. The monoisotopic (exact) mass is 454 g/mol. The van der Waals surface area contributed by atoms with E-state index < -0.39 is 14.9 Å². The number of rotatable bonds is 9. The summed E-state index contributed by atoms with van der Waals surface area (Å²) in [4.78, 5) is 24.8. The quantitative estimate of drug-likeness (QED) is 0.437. The van der Waals surface area contributed by atoms with Crippen molar-refractivity contribution in [1.29, 1.82) is 0 Å². The van der Waals surface area contributed by atoms with Gasteiger partial charge in [0.15, 0.2) is 0 Å². The van der Waals surface area contributed by atoms with Gasteiger partial charge in [-0.05, 0) is 51.2 Å². The molecular weight excluding hydrogens is 420 g/mol. The van der Waals surface area contributed by atoms with Crippen LogP contribution in [0, 0.1) is 23.0 Å². The molecule has 0 aromatic heterocycles. The molecule has 0 saturated carbocycles. The SMILES string of the molecule is CCC(=O)NC1CCN(c2ccc(S(=O)(=O)N[C@H](C)CC(C)C)c(C)c2[N+](=O)[O-])CC1. The summed E-state index contributed by atoms with van der Waals surface area (Å²) in [5, 5.41) is 14.9. The fourth-order valence-electron chi connectivity index (χ4n) is 4.12. The molecule has 0 unspecified atom stereocenters. The van der Waals surface area contributed by atoms with Crippen LogP contribution in [0.4, 0.5) is 11.4 Å². The molecule has 1 fully saturated rings. The third kappa shape index (κ3) is 6.39. The topological polar surface area (TPSA) is 122 Å². The Balaban J connectivity index is 2.28. The lowest BCUT2D eigenvalue weighted by atomic mass is 10.0. The summed E-state index contributed by atoms with van der Waals surface area (Å²) in [7, 11) is -3.88. The Morgan fingerprint density at radius 3 is 2.39 bits per heavy atom. The summed E-state index contributed by atoms with van der Waals surface area (Å²) in [6.07, 6.45) is 2.44. The standard InChI is InChI=1S/C21H34N4O5S/c1-6-20(26)22-17-9-11-24(12-10-17)18-7-8-19(16(5)21(18)25(27)28)31(29,30)23-15(4)13-14(2)3/h7-8,14-15,17,23H,6,9-13H2,1-5H3,(H,22,26)/t15-/m1/s1. The van der Waals surface area contributed by atoms with Crippen LogP contribution in [0.1, 0.15) is 58.9 Å². The van der Waals surface area contributed by atoms with Crippen LogP contribution < -0.4 is 14.9 Å². The Kier molecular flexibility index (Phi) is 8.41. The number of carbonyl (C=O) groups is 1. The Hall–Kier alpha value is -2.20. The van der Waals surface area contributed by atoms with Gasteiger partial charge in [-0.25, -0.2) is 13.1 Å². The molecule has 2 N–H and O–H groups in total. The second kappa shape index (κ2) is 10.4. The number of hydrogen-bond acceptors (Lipinski definition) is 6. The van der Waals surface area contributed by atoms with E-state index in [1.165, 1.54) is 19.1 Å². The average molecular weight is 455 g/mol. The lowest BCUT2D eigenvalue weighted by molar-refractivity contribution is -0.384. The summed E-state index contributed by atoms with van der Waals surface area (Å²) in [5.74, 6) is 0.314. The lowest BCUT2D eigenvalue weighted by Gasteiger charge is -2.34. The number of carbonyl (C=O) groups excluding carboxylic acids is 1. The highest BCUT2D eigenvalue weighted by atomic mass is 32.2. The molecule has 174 valence electrons. The summed E-state index contributed by atoms with van der Waals surface area (Å²) < 4.78 is 28.4. The molecule has 1 aromatic carbocycles. The van der Waals surface area contributed by atoms with Crippen molar-refractivity contribution < 1.29 is 18.1 Å². The zero-order valence-corrected chi connectivity index (χ0v) is 19.8. The van der Waals surface area contributed by atoms with Gasteiger partial charge in [-0.1, -0.05) is 20.8 Å². The number of amides is 1. The first kappa shape index (κ1) is 25.1. The number of anilines is 1. The number of nitro benzene ring substituents is 1. The summed E-state index contributed by atoms with van der Waals surface area (Å²) >= 11 is 0. The molecule has 0 spiro atoms. The minimum absolute atomic E-state index is 0.00553. The van der Waals surface area contributed by atoms with Crippen molar-refractivity contribution in [3.05, 3.63) is 27.8 Å². The van der Waals surface area contributed by atoms with Crippen LogP contribution in [0.2, 0.25) is 0 Å². The molecule has 31 heavy (non-hydrogen) atoms.